The molecule has 0 bridgehead atoms. The third-order valence-electron chi connectivity index (χ3n) is 1.67. The standard InChI is InChI=1S/C7H6FN5O/c8-5-2-1-4(9)3-6(5)13-7(14)10-11-12-13/h1-3H,9H2,(H,10,12,14). The highest BCUT2D eigenvalue weighted by Gasteiger charge is 2.08. The molecule has 1 heterocycles. The molecule has 0 amide bonds. The molecule has 3 N–H and O–H groups in total. The van der Waals surface area contributed by atoms with Gasteiger partial charge in [-0.15, -0.1) is 0 Å². The Bertz CT molecular complexity index is 517. The van der Waals surface area contributed by atoms with Crippen LogP contribution in [0.3, 0.4) is 0 Å². The Morgan fingerprint density at radius 1 is 1.50 bits per heavy atom. The predicted octanol–water partition coefficient (Wildman–Crippen LogP) is -0.323. The first kappa shape index (κ1) is 8.42. The third-order valence-corrected chi connectivity index (χ3v) is 1.67. The number of benzene rings is 1. The average Bonchev–Trinajstić information content (AvgIpc) is 2.56. The van der Waals surface area contributed by atoms with Gasteiger partial charge < -0.3 is 5.73 Å². The zero-order valence-electron chi connectivity index (χ0n) is 6.94. The molecule has 72 valence electrons. The van der Waals surface area contributed by atoms with E-state index in [4.69, 9.17) is 5.73 Å². The maximum atomic E-state index is 13.2. The molecule has 0 unspecified atom stereocenters. The van der Waals surface area contributed by atoms with Crippen molar-refractivity contribution in [3.05, 3.63) is 34.5 Å². The first-order valence-corrected chi connectivity index (χ1v) is 3.74. The largest absolute Gasteiger partial charge is 0.399 e. The number of nitrogens with zero attached hydrogens (tertiary/aromatic N) is 3. The van der Waals surface area contributed by atoms with Gasteiger partial charge in [0.2, 0.25) is 0 Å². The van der Waals surface area contributed by atoms with E-state index in [1.165, 1.54) is 12.1 Å². The second-order valence-electron chi connectivity index (χ2n) is 2.63. The first-order chi connectivity index (χ1) is 6.68. The molecule has 1 aromatic carbocycles. The number of nitrogens with two attached hydrogens (primary N) is 1. The van der Waals surface area contributed by atoms with E-state index in [0.29, 0.717) is 5.69 Å². The second kappa shape index (κ2) is 2.95. The Hall–Kier alpha value is -2.18. The fraction of sp³-hybridized carbons (Fsp3) is 0. The summed E-state index contributed by atoms with van der Waals surface area (Å²) in [4.78, 5) is 11.1. The van der Waals surface area contributed by atoms with Crippen molar-refractivity contribution >= 4 is 5.69 Å². The number of tetrazole rings is 1. The number of anilines is 1. The van der Waals surface area contributed by atoms with Gasteiger partial charge in [0, 0.05) is 5.69 Å². The lowest BCUT2D eigenvalue weighted by atomic mass is 10.3. The highest BCUT2D eigenvalue weighted by molar-refractivity contribution is 5.47. The van der Waals surface area contributed by atoms with Crippen LogP contribution in [-0.4, -0.2) is 20.2 Å². The van der Waals surface area contributed by atoms with Gasteiger partial charge in [-0.1, -0.05) is 0 Å². The summed E-state index contributed by atoms with van der Waals surface area (Å²) in [5, 5.41) is 8.68. The summed E-state index contributed by atoms with van der Waals surface area (Å²) in [5.74, 6) is -0.588. The first-order valence-electron chi connectivity index (χ1n) is 3.74. The van der Waals surface area contributed by atoms with Gasteiger partial charge in [-0.2, -0.15) is 4.68 Å². The number of nitrogens with one attached hydrogen (secondary N) is 1. The van der Waals surface area contributed by atoms with Gasteiger partial charge in [0.15, 0.2) is 0 Å². The molecule has 2 rings (SSSR count). The molecule has 0 aliphatic carbocycles. The number of halogens is 1. The van der Waals surface area contributed by atoms with Crippen molar-refractivity contribution in [3.8, 4) is 5.69 Å². The summed E-state index contributed by atoms with van der Waals surface area (Å²) in [6, 6.07) is 3.86. The summed E-state index contributed by atoms with van der Waals surface area (Å²) in [6.07, 6.45) is 0. The molecule has 0 aliphatic rings. The summed E-state index contributed by atoms with van der Waals surface area (Å²) < 4.78 is 14.0. The topological polar surface area (TPSA) is 89.6 Å². The number of aromatic amines is 1. The zero-order chi connectivity index (χ0) is 10.1. The maximum absolute atomic E-state index is 13.2. The fourth-order valence-corrected chi connectivity index (χ4v) is 1.05. The van der Waals surface area contributed by atoms with Gasteiger partial charge >= 0.3 is 5.69 Å². The van der Waals surface area contributed by atoms with Crippen LogP contribution in [0.2, 0.25) is 0 Å². The van der Waals surface area contributed by atoms with Crippen molar-refractivity contribution in [1.29, 1.82) is 0 Å². The number of nitrogen functional groups attached to an aromatic ring is 1. The van der Waals surface area contributed by atoms with Gasteiger partial charge in [0.25, 0.3) is 0 Å². The molecule has 2 aromatic rings. The predicted molar refractivity (Wildman–Crippen MR) is 46.4 cm³/mol. The summed E-state index contributed by atoms with van der Waals surface area (Å²) >= 11 is 0. The Labute approximate surface area is 77.1 Å². The van der Waals surface area contributed by atoms with Crippen molar-refractivity contribution in [2.24, 2.45) is 0 Å². The van der Waals surface area contributed by atoms with Gasteiger partial charge in [-0.05, 0) is 28.6 Å². The second-order valence-corrected chi connectivity index (χ2v) is 2.63. The van der Waals surface area contributed by atoms with Crippen LogP contribution in [0.25, 0.3) is 5.69 Å². The Morgan fingerprint density at radius 3 is 2.93 bits per heavy atom. The molecular weight excluding hydrogens is 189 g/mol. The van der Waals surface area contributed by atoms with E-state index in [1.54, 1.807) is 0 Å². The minimum Gasteiger partial charge on any atom is -0.399 e. The van der Waals surface area contributed by atoms with E-state index in [2.05, 4.69) is 15.5 Å². The normalized spacial score (nSPS) is 10.4. The van der Waals surface area contributed by atoms with E-state index >= 15 is 0 Å². The van der Waals surface area contributed by atoms with Crippen LogP contribution in [0.4, 0.5) is 10.1 Å². The number of hydrogen-bond donors (Lipinski definition) is 2. The molecule has 7 heteroatoms. The van der Waals surface area contributed by atoms with E-state index in [0.717, 1.165) is 10.7 Å². The van der Waals surface area contributed by atoms with Crippen molar-refractivity contribution < 1.29 is 4.39 Å². The van der Waals surface area contributed by atoms with Gasteiger partial charge in [0.05, 0.1) is 0 Å². The van der Waals surface area contributed by atoms with Crippen LogP contribution in [0, 0.1) is 5.82 Å². The molecule has 6 nitrogen and oxygen atoms in total. The highest BCUT2D eigenvalue weighted by atomic mass is 19.1. The lowest BCUT2D eigenvalue weighted by Crippen LogP contribution is -2.17. The van der Waals surface area contributed by atoms with Gasteiger partial charge in [0.1, 0.15) is 11.5 Å². The fourth-order valence-electron chi connectivity index (χ4n) is 1.05. The number of aromatic nitrogens is 4. The number of rotatable bonds is 1. The maximum Gasteiger partial charge on any atom is 0.365 e. The zero-order valence-corrected chi connectivity index (χ0v) is 6.94. The van der Waals surface area contributed by atoms with Crippen molar-refractivity contribution in [1.82, 2.24) is 20.2 Å². The van der Waals surface area contributed by atoms with E-state index < -0.39 is 11.5 Å². The summed E-state index contributed by atoms with van der Waals surface area (Å²) in [7, 11) is 0. The minimum atomic E-state index is -0.616. The van der Waals surface area contributed by atoms with Crippen LogP contribution in [0.1, 0.15) is 0 Å². The quantitative estimate of drug-likeness (QED) is 0.610. The Morgan fingerprint density at radius 2 is 2.29 bits per heavy atom. The minimum absolute atomic E-state index is 0.0243. The van der Waals surface area contributed by atoms with Crippen LogP contribution >= 0.6 is 0 Å². The van der Waals surface area contributed by atoms with Gasteiger partial charge in [-0.3, -0.25) is 0 Å². The highest BCUT2D eigenvalue weighted by Crippen LogP contribution is 2.13. The smallest absolute Gasteiger partial charge is 0.365 e. The van der Waals surface area contributed by atoms with Crippen molar-refractivity contribution in [2.45, 2.75) is 0 Å². The molecule has 14 heavy (non-hydrogen) atoms. The summed E-state index contributed by atoms with van der Waals surface area (Å²) in [6.45, 7) is 0. The number of H-pyrrole nitrogens is 1. The SMILES string of the molecule is Nc1ccc(F)c(-n2nn[nH]c2=O)c1. The van der Waals surface area contributed by atoms with E-state index in [-0.39, 0.29) is 5.69 Å². The van der Waals surface area contributed by atoms with Crippen LogP contribution < -0.4 is 11.4 Å². The Kier molecular flexibility index (Phi) is 1.77. The van der Waals surface area contributed by atoms with E-state index in [1.807, 2.05) is 0 Å². The van der Waals surface area contributed by atoms with E-state index in [9.17, 15) is 9.18 Å². The van der Waals surface area contributed by atoms with Crippen molar-refractivity contribution in [3.63, 3.8) is 0 Å². The molecule has 0 fully saturated rings. The van der Waals surface area contributed by atoms with Crippen LogP contribution in [0.15, 0.2) is 23.0 Å². The average molecular weight is 195 g/mol. The lowest BCUT2D eigenvalue weighted by Gasteiger charge is -2.00. The molecule has 0 spiro atoms. The molecule has 1 aromatic heterocycles. The van der Waals surface area contributed by atoms with Crippen molar-refractivity contribution in [2.75, 3.05) is 5.73 Å². The number of hydrogen-bond acceptors (Lipinski definition) is 4. The summed E-state index contributed by atoms with van der Waals surface area (Å²) in [5.41, 5.74) is 5.15. The van der Waals surface area contributed by atoms with Crippen LogP contribution in [0.5, 0.6) is 0 Å². The molecular formula is C7H6FN5O. The molecule has 0 atom stereocenters. The lowest BCUT2D eigenvalue weighted by molar-refractivity contribution is 0.604. The molecule has 0 saturated carbocycles. The Balaban J connectivity index is 2.68. The van der Waals surface area contributed by atoms with Crippen LogP contribution in [-0.2, 0) is 0 Å². The molecule has 0 aliphatic heterocycles. The van der Waals surface area contributed by atoms with Gasteiger partial charge in [-0.25, -0.2) is 14.3 Å². The molecule has 0 saturated heterocycles. The third kappa shape index (κ3) is 1.24. The monoisotopic (exact) mass is 195 g/mol. The molecule has 0 radical (unpaired) electrons.